The molecular formula is C16H15ClN4OS. The predicted molar refractivity (Wildman–Crippen MR) is 94.4 cm³/mol. The van der Waals surface area contributed by atoms with Crippen LogP contribution in [-0.4, -0.2) is 44.7 Å². The van der Waals surface area contributed by atoms with Gasteiger partial charge >= 0.3 is 0 Å². The van der Waals surface area contributed by atoms with Gasteiger partial charge in [0.2, 0.25) is 0 Å². The minimum absolute atomic E-state index is 0.152. The summed E-state index contributed by atoms with van der Waals surface area (Å²) in [4.78, 5) is 15.4. The molecule has 0 saturated carbocycles. The number of aromatic nitrogens is 2. The van der Waals surface area contributed by atoms with E-state index >= 15 is 0 Å². The highest BCUT2D eigenvalue weighted by atomic mass is 35.5. The summed E-state index contributed by atoms with van der Waals surface area (Å²) in [6, 6.07) is 9.61. The second kappa shape index (κ2) is 5.79. The molecule has 0 bridgehead atoms. The highest BCUT2D eigenvalue weighted by Gasteiger charge is 2.33. The lowest BCUT2D eigenvalue weighted by Gasteiger charge is -2.11. The number of amides is 1. The molecule has 1 saturated heterocycles. The van der Waals surface area contributed by atoms with Gasteiger partial charge in [0.25, 0.3) is 5.91 Å². The molecule has 0 spiro atoms. The van der Waals surface area contributed by atoms with Crippen LogP contribution in [0.25, 0.3) is 11.8 Å². The fourth-order valence-electron chi connectivity index (χ4n) is 2.44. The van der Waals surface area contributed by atoms with E-state index in [4.69, 9.17) is 23.8 Å². The molecule has 0 aliphatic carbocycles. The Hall–Kier alpha value is -2.18. The first-order chi connectivity index (χ1) is 10.9. The summed E-state index contributed by atoms with van der Waals surface area (Å²) in [5.74, 6) is -0.152. The predicted octanol–water partition coefficient (Wildman–Crippen LogP) is 2.86. The fourth-order valence-corrected chi connectivity index (χ4v) is 2.95. The first kappa shape index (κ1) is 15.7. The van der Waals surface area contributed by atoms with Crippen LogP contribution in [0.2, 0.25) is 5.15 Å². The number of hydrogen-bond acceptors (Lipinski definition) is 3. The van der Waals surface area contributed by atoms with E-state index in [0.29, 0.717) is 21.5 Å². The van der Waals surface area contributed by atoms with Crippen molar-refractivity contribution in [2.75, 3.05) is 14.1 Å². The second-order valence-electron chi connectivity index (χ2n) is 5.27. The van der Waals surface area contributed by atoms with Crippen molar-refractivity contribution in [1.29, 1.82) is 0 Å². The largest absolute Gasteiger partial charge is 0.317 e. The van der Waals surface area contributed by atoms with Gasteiger partial charge in [-0.2, -0.15) is 5.10 Å². The molecule has 0 atom stereocenters. The Kier molecular flexibility index (Phi) is 3.95. The van der Waals surface area contributed by atoms with Gasteiger partial charge < -0.3 is 4.90 Å². The van der Waals surface area contributed by atoms with E-state index in [0.717, 1.165) is 11.4 Å². The molecule has 1 aromatic heterocycles. The van der Waals surface area contributed by atoms with E-state index < -0.39 is 0 Å². The quantitative estimate of drug-likeness (QED) is 0.619. The van der Waals surface area contributed by atoms with Crippen LogP contribution < -0.4 is 0 Å². The molecule has 23 heavy (non-hydrogen) atoms. The molecule has 1 aliphatic rings. The van der Waals surface area contributed by atoms with E-state index in [2.05, 4.69) is 5.10 Å². The highest BCUT2D eigenvalue weighted by Crippen LogP contribution is 2.28. The zero-order valence-electron chi connectivity index (χ0n) is 12.9. The number of benzene rings is 1. The van der Waals surface area contributed by atoms with Crippen LogP contribution in [-0.2, 0) is 4.79 Å². The molecule has 3 rings (SSSR count). The van der Waals surface area contributed by atoms with Gasteiger partial charge in [0.05, 0.1) is 11.4 Å². The van der Waals surface area contributed by atoms with Crippen LogP contribution >= 0.6 is 23.8 Å². The lowest BCUT2D eigenvalue weighted by Crippen LogP contribution is -2.26. The maximum Gasteiger partial charge on any atom is 0.276 e. The average Bonchev–Trinajstić information content (AvgIpc) is 2.93. The number of para-hydroxylation sites is 1. The molecule has 5 nitrogen and oxygen atoms in total. The van der Waals surface area contributed by atoms with Gasteiger partial charge in [-0.15, -0.1) is 0 Å². The van der Waals surface area contributed by atoms with Crippen LogP contribution in [0.5, 0.6) is 0 Å². The number of rotatable bonds is 2. The molecule has 1 amide bonds. The fraction of sp³-hybridized carbons (Fsp3) is 0.188. The second-order valence-corrected chi connectivity index (χ2v) is 6.00. The number of hydrogen-bond donors (Lipinski definition) is 0. The summed E-state index contributed by atoms with van der Waals surface area (Å²) in [7, 11) is 3.42. The van der Waals surface area contributed by atoms with Gasteiger partial charge in [-0.25, -0.2) is 4.68 Å². The monoisotopic (exact) mass is 346 g/mol. The molecular weight excluding hydrogens is 332 g/mol. The SMILES string of the molecule is Cc1nn(-c2ccccc2)c(Cl)c1C=C1C(=O)N(C)C(=S)N1C. The summed E-state index contributed by atoms with van der Waals surface area (Å²) in [5, 5.41) is 5.40. The summed E-state index contributed by atoms with van der Waals surface area (Å²) in [6.07, 6.45) is 1.74. The standard InChI is InChI=1S/C16H15ClN4OS/c1-10-12(9-13-15(22)20(3)16(23)19(13)2)14(17)21(18-10)11-7-5-4-6-8-11/h4-9H,1-3H3. The van der Waals surface area contributed by atoms with Crippen molar-refractivity contribution in [3.63, 3.8) is 0 Å². The van der Waals surface area contributed by atoms with E-state index in [1.54, 1.807) is 29.8 Å². The Morgan fingerprint density at radius 3 is 2.39 bits per heavy atom. The molecule has 2 heterocycles. The molecule has 2 aromatic rings. The topological polar surface area (TPSA) is 41.4 Å². The van der Waals surface area contributed by atoms with Crippen LogP contribution in [0, 0.1) is 6.92 Å². The van der Waals surface area contributed by atoms with E-state index in [1.165, 1.54) is 4.90 Å². The maximum absolute atomic E-state index is 12.3. The Morgan fingerprint density at radius 1 is 1.17 bits per heavy atom. The molecule has 0 N–H and O–H groups in total. The average molecular weight is 347 g/mol. The van der Waals surface area contributed by atoms with Gasteiger partial charge in [-0.1, -0.05) is 29.8 Å². The maximum atomic E-state index is 12.3. The van der Waals surface area contributed by atoms with Crippen molar-refractivity contribution in [1.82, 2.24) is 19.6 Å². The minimum Gasteiger partial charge on any atom is -0.317 e. The third-order valence-electron chi connectivity index (χ3n) is 3.79. The number of nitrogens with zero attached hydrogens (tertiary/aromatic N) is 4. The number of thiocarbonyl (C=S) groups is 1. The minimum atomic E-state index is -0.152. The number of halogens is 1. The highest BCUT2D eigenvalue weighted by molar-refractivity contribution is 7.80. The van der Waals surface area contributed by atoms with Crippen molar-refractivity contribution < 1.29 is 4.79 Å². The first-order valence-corrected chi connectivity index (χ1v) is 7.78. The zero-order valence-corrected chi connectivity index (χ0v) is 14.5. The molecule has 0 radical (unpaired) electrons. The number of carbonyl (C=O) groups is 1. The molecule has 1 fully saturated rings. The van der Waals surface area contributed by atoms with Gasteiger partial charge in [-0.3, -0.25) is 9.69 Å². The van der Waals surface area contributed by atoms with Crippen LogP contribution in [0.3, 0.4) is 0 Å². The zero-order chi connectivity index (χ0) is 16.7. The summed E-state index contributed by atoms with van der Waals surface area (Å²) >= 11 is 11.7. The molecule has 1 aliphatic heterocycles. The van der Waals surface area contributed by atoms with Gasteiger partial charge in [-0.05, 0) is 37.4 Å². The smallest absolute Gasteiger partial charge is 0.276 e. The Bertz CT molecular complexity index is 828. The molecule has 118 valence electrons. The van der Waals surface area contributed by atoms with Crippen LogP contribution in [0.1, 0.15) is 11.3 Å². The third-order valence-corrected chi connectivity index (χ3v) is 4.70. The molecule has 7 heteroatoms. The lowest BCUT2D eigenvalue weighted by molar-refractivity contribution is -0.121. The van der Waals surface area contributed by atoms with Crippen LogP contribution in [0.4, 0.5) is 0 Å². The van der Waals surface area contributed by atoms with E-state index in [1.807, 2.05) is 37.3 Å². The third kappa shape index (κ3) is 2.54. The van der Waals surface area contributed by atoms with Crippen molar-refractivity contribution in [2.45, 2.75) is 6.92 Å². The first-order valence-electron chi connectivity index (χ1n) is 6.99. The van der Waals surface area contributed by atoms with Crippen LogP contribution in [0.15, 0.2) is 36.0 Å². The van der Waals surface area contributed by atoms with E-state index in [9.17, 15) is 4.79 Å². The van der Waals surface area contributed by atoms with Crippen molar-refractivity contribution in [3.8, 4) is 5.69 Å². The van der Waals surface area contributed by atoms with Crippen molar-refractivity contribution in [3.05, 3.63) is 52.4 Å². The summed E-state index contributed by atoms with van der Waals surface area (Å²) in [6.45, 7) is 1.86. The normalized spacial score (nSPS) is 16.8. The van der Waals surface area contributed by atoms with Crippen molar-refractivity contribution in [2.24, 2.45) is 0 Å². The van der Waals surface area contributed by atoms with Gasteiger partial charge in [0, 0.05) is 19.7 Å². The number of carbonyl (C=O) groups excluding carboxylic acids is 1. The van der Waals surface area contributed by atoms with Gasteiger partial charge in [0.1, 0.15) is 10.9 Å². The molecule has 1 aromatic carbocycles. The van der Waals surface area contributed by atoms with Crippen molar-refractivity contribution >= 4 is 40.9 Å². The summed E-state index contributed by atoms with van der Waals surface area (Å²) in [5.41, 5.74) is 2.80. The lowest BCUT2D eigenvalue weighted by atomic mass is 10.2. The summed E-state index contributed by atoms with van der Waals surface area (Å²) < 4.78 is 1.66. The van der Waals surface area contributed by atoms with E-state index in [-0.39, 0.29) is 5.91 Å². The Morgan fingerprint density at radius 2 is 1.83 bits per heavy atom. The number of likely N-dealkylation sites (N-methyl/N-ethyl adjacent to an activating group) is 2. The molecule has 0 unspecified atom stereocenters. The number of aryl methyl sites for hydroxylation is 1. The Balaban J connectivity index is 2.09. The van der Waals surface area contributed by atoms with Gasteiger partial charge in [0.15, 0.2) is 5.11 Å². The Labute approximate surface area is 144 Å².